The fourth-order valence-electron chi connectivity index (χ4n) is 1.68. The molecule has 0 bridgehead atoms. The van der Waals surface area contributed by atoms with Gasteiger partial charge in [-0.05, 0) is 18.6 Å². The number of para-hydroxylation sites is 1. The molecule has 1 atom stereocenters. The molecule has 0 aromatic heterocycles. The Kier molecular flexibility index (Phi) is 3.78. The average Bonchev–Trinajstić information content (AvgIpc) is 2.40. The van der Waals surface area contributed by atoms with Crippen molar-refractivity contribution in [1.29, 1.82) is 0 Å². The van der Waals surface area contributed by atoms with Crippen molar-refractivity contribution in [2.45, 2.75) is 13.0 Å². The van der Waals surface area contributed by atoms with Crippen LogP contribution >= 0.6 is 0 Å². The smallest absolute Gasteiger partial charge is 0.127 e. The first-order valence-corrected chi connectivity index (χ1v) is 5.73. The molecule has 2 rings (SSSR count). The van der Waals surface area contributed by atoms with E-state index < -0.39 is 0 Å². The van der Waals surface area contributed by atoms with Gasteiger partial charge in [0.25, 0.3) is 0 Å². The topological polar surface area (TPSA) is 29.5 Å². The molecule has 0 aliphatic carbocycles. The monoisotopic (exact) mass is 228 g/mol. The highest BCUT2D eigenvalue weighted by Crippen LogP contribution is 2.30. The van der Waals surface area contributed by atoms with Crippen molar-refractivity contribution in [2.75, 3.05) is 6.61 Å². The van der Waals surface area contributed by atoms with Gasteiger partial charge in [0.1, 0.15) is 11.9 Å². The average molecular weight is 228 g/mol. The summed E-state index contributed by atoms with van der Waals surface area (Å²) in [5, 5.41) is 9.03. The SMILES string of the molecule is C[C@@H](CO)Oc1ccccc1-c1ccccc1. The van der Waals surface area contributed by atoms with Crippen molar-refractivity contribution in [3.8, 4) is 16.9 Å². The van der Waals surface area contributed by atoms with Crippen molar-refractivity contribution < 1.29 is 9.84 Å². The van der Waals surface area contributed by atoms with E-state index in [1.54, 1.807) is 0 Å². The largest absolute Gasteiger partial charge is 0.488 e. The molecule has 0 saturated carbocycles. The van der Waals surface area contributed by atoms with Gasteiger partial charge in [0.05, 0.1) is 6.61 Å². The van der Waals surface area contributed by atoms with Gasteiger partial charge in [-0.3, -0.25) is 0 Å². The number of hydrogen-bond acceptors (Lipinski definition) is 2. The molecular weight excluding hydrogens is 212 g/mol. The van der Waals surface area contributed by atoms with Crippen molar-refractivity contribution in [1.82, 2.24) is 0 Å². The van der Waals surface area contributed by atoms with E-state index in [0.29, 0.717) is 0 Å². The van der Waals surface area contributed by atoms with Crippen molar-refractivity contribution >= 4 is 0 Å². The maximum atomic E-state index is 9.03. The molecule has 0 saturated heterocycles. The Bertz CT molecular complexity index is 465. The Morgan fingerprint density at radius 3 is 2.35 bits per heavy atom. The number of aliphatic hydroxyl groups excluding tert-OH is 1. The quantitative estimate of drug-likeness (QED) is 0.871. The Hall–Kier alpha value is -1.80. The number of aliphatic hydroxyl groups is 1. The zero-order chi connectivity index (χ0) is 12.1. The fraction of sp³-hybridized carbons (Fsp3) is 0.200. The fourth-order valence-corrected chi connectivity index (χ4v) is 1.68. The molecule has 0 amide bonds. The van der Waals surface area contributed by atoms with Gasteiger partial charge in [0, 0.05) is 5.56 Å². The molecule has 2 heteroatoms. The first kappa shape index (κ1) is 11.7. The molecule has 17 heavy (non-hydrogen) atoms. The van der Waals surface area contributed by atoms with E-state index in [9.17, 15) is 0 Å². The number of hydrogen-bond donors (Lipinski definition) is 1. The van der Waals surface area contributed by atoms with Crippen molar-refractivity contribution in [3.63, 3.8) is 0 Å². The Morgan fingerprint density at radius 1 is 1.00 bits per heavy atom. The van der Waals surface area contributed by atoms with E-state index in [4.69, 9.17) is 9.84 Å². The van der Waals surface area contributed by atoms with Gasteiger partial charge in [0.15, 0.2) is 0 Å². The van der Waals surface area contributed by atoms with Gasteiger partial charge in [-0.2, -0.15) is 0 Å². The highest BCUT2D eigenvalue weighted by Gasteiger charge is 2.08. The zero-order valence-electron chi connectivity index (χ0n) is 9.84. The normalized spacial score (nSPS) is 12.1. The maximum absolute atomic E-state index is 9.03. The lowest BCUT2D eigenvalue weighted by molar-refractivity contribution is 0.130. The second-order valence-electron chi connectivity index (χ2n) is 3.97. The molecule has 0 aliphatic heterocycles. The third kappa shape index (κ3) is 2.86. The van der Waals surface area contributed by atoms with E-state index in [1.165, 1.54) is 0 Å². The van der Waals surface area contributed by atoms with Crippen LogP contribution in [-0.4, -0.2) is 17.8 Å². The van der Waals surface area contributed by atoms with Gasteiger partial charge in [-0.1, -0.05) is 48.5 Å². The minimum absolute atomic E-state index is 0.0170. The van der Waals surface area contributed by atoms with E-state index in [1.807, 2.05) is 61.5 Å². The van der Waals surface area contributed by atoms with Crippen LogP contribution in [-0.2, 0) is 0 Å². The summed E-state index contributed by atoms with van der Waals surface area (Å²) in [7, 11) is 0. The van der Waals surface area contributed by atoms with Crippen LogP contribution in [0, 0.1) is 0 Å². The molecule has 0 spiro atoms. The third-order valence-electron chi connectivity index (χ3n) is 2.56. The predicted molar refractivity (Wildman–Crippen MR) is 69.1 cm³/mol. The predicted octanol–water partition coefficient (Wildman–Crippen LogP) is 3.11. The summed E-state index contributed by atoms with van der Waals surface area (Å²) in [4.78, 5) is 0. The van der Waals surface area contributed by atoms with Gasteiger partial charge >= 0.3 is 0 Å². The minimum Gasteiger partial charge on any atom is -0.488 e. The highest BCUT2D eigenvalue weighted by molar-refractivity contribution is 5.70. The molecule has 2 aromatic carbocycles. The molecule has 88 valence electrons. The van der Waals surface area contributed by atoms with Gasteiger partial charge in [-0.15, -0.1) is 0 Å². The van der Waals surface area contributed by atoms with Crippen LogP contribution in [0.3, 0.4) is 0 Å². The molecule has 0 unspecified atom stereocenters. The van der Waals surface area contributed by atoms with E-state index >= 15 is 0 Å². The molecule has 0 heterocycles. The number of rotatable bonds is 4. The first-order valence-electron chi connectivity index (χ1n) is 5.73. The number of benzene rings is 2. The summed E-state index contributed by atoms with van der Waals surface area (Å²) >= 11 is 0. The van der Waals surface area contributed by atoms with E-state index in [-0.39, 0.29) is 12.7 Å². The second kappa shape index (κ2) is 5.51. The van der Waals surface area contributed by atoms with E-state index in [0.717, 1.165) is 16.9 Å². The summed E-state index contributed by atoms with van der Waals surface area (Å²) in [5.74, 6) is 0.806. The van der Waals surface area contributed by atoms with Crippen LogP contribution in [0.5, 0.6) is 5.75 Å². The lowest BCUT2D eigenvalue weighted by atomic mass is 10.0. The summed E-state index contributed by atoms with van der Waals surface area (Å²) in [6, 6.07) is 18.0. The summed E-state index contributed by atoms with van der Waals surface area (Å²) < 4.78 is 5.70. The van der Waals surface area contributed by atoms with Crippen LogP contribution in [0.25, 0.3) is 11.1 Å². The minimum atomic E-state index is -0.195. The Morgan fingerprint density at radius 2 is 1.65 bits per heavy atom. The van der Waals surface area contributed by atoms with Gasteiger partial charge in [-0.25, -0.2) is 0 Å². The standard InChI is InChI=1S/C15H16O2/c1-12(11-16)17-15-10-6-5-9-14(15)13-7-3-2-4-8-13/h2-10,12,16H,11H2,1H3/t12-/m0/s1. The molecule has 2 aromatic rings. The summed E-state index contributed by atoms with van der Waals surface area (Å²) in [6.07, 6.45) is -0.195. The Balaban J connectivity index is 2.34. The highest BCUT2D eigenvalue weighted by atomic mass is 16.5. The first-order chi connectivity index (χ1) is 8.31. The molecular formula is C15H16O2. The lowest BCUT2D eigenvalue weighted by Crippen LogP contribution is -2.16. The maximum Gasteiger partial charge on any atom is 0.127 e. The summed E-state index contributed by atoms with van der Waals surface area (Å²) in [6.45, 7) is 1.87. The van der Waals surface area contributed by atoms with Crippen LogP contribution in [0.4, 0.5) is 0 Å². The third-order valence-corrected chi connectivity index (χ3v) is 2.56. The van der Waals surface area contributed by atoms with Gasteiger partial charge < -0.3 is 9.84 Å². The zero-order valence-corrected chi connectivity index (χ0v) is 9.84. The van der Waals surface area contributed by atoms with Gasteiger partial charge in [0.2, 0.25) is 0 Å². The number of ether oxygens (including phenoxy) is 1. The Labute approximate surface area is 101 Å². The summed E-state index contributed by atoms with van der Waals surface area (Å²) in [5.41, 5.74) is 2.17. The molecule has 0 radical (unpaired) electrons. The van der Waals surface area contributed by atoms with Crippen LogP contribution in [0.15, 0.2) is 54.6 Å². The lowest BCUT2D eigenvalue weighted by Gasteiger charge is -2.15. The van der Waals surface area contributed by atoms with Crippen molar-refractivity contribution in [2.24, 2.45) is 0 Å². The van der Waals surface area contributed by atoms with Crippen LogP contribution in [0.2, 0.25) is 0 Å². The second-order valence-corrected chi connectivity index (χ2v) is 3.97. The molecule has 2 nitrogen and oxygen atoms in total. The van der Waals surface area contributed by atoms with Crippen LogP contribution in [0.1, 0.15) is 6.92 Å². The molecule has 0 fully saturated rings. The van der Waals surface area contributed by atoms with Crippen molar-refractivity contribution in [3.05, 3.63) is 54.6 Å². The van der Waals surface area contributed by atoms with Crippen LogP contribution < -0.4 is 4.74 Å². The molecule has 1 N–H and O–H groups in total. The van der Waals surface area contributed by atoms with E-state index in [2.05, 4.69) is 0 Å². The molecule has 0 aliphatic rings.